The largest absolute Gasteiger partial charge is 0.308 e. The summed E-state index contributed by atoms with van der Waals surface area (Å²) < 4.78 is 1.31. The Bertz CT molecular complexity index is 152. The van der Waals surface area contributed by atoms with Gasteiger partial charge in [0.15, 0.2) is 0 Å². The second-order valence-corrected chi connectivity index (χ2v) is 4.42. The average molecular weight is 185 g/mol. The van der Waals surface area contributed by atoms with Gasteiger partial charge in [0.25, 0.3) is 0 Å². The second kappa shape index (κ2) is 4.43. The molecule has 1 unspecified atom stereocenters. The third-order valence-electron chi connectivity index (χ3n) is 3.74. The van der Waals surface area contributed by atoms with Crippen LogP contribution in [0.4, 0.5) is 0 Å². The monoisotopic (exact) mass is 185 g/mol. The summed E-state index contributed by atoms with van der Waals surface area (Å²) in [6, 6.07) is 0.835. The lowest BCUT2D eigenvalue weighted by atomic mass is 10.2. The molecule has 0 amide bonds. The normalized spacial score (nSPS) is 28.2. The van der Waals surface area contributed by atoms with Crippen molar-refractivity contribution in [3.63, 3.8) is 0 Å². The Morgan fingerprint density at radius 1 is 1.23 bits per heavy atom. The SMILES string of the molecule is CCCN1CC(C)[N+](CC)(CC)C1. The Hall–Kier alpha value is -0.0800. The molecule has 1 aliphatic heterocycles. The summed E-state index contributed by atoms with van der Waals surface area (Å²) in [4.78, 5) is 2.62. The van der Waals surface area contributed by atoms with Crippen LogP contribution in [0.25, 0.3) is 0 Å². The molecular formula is C11H25N2+. The number of hydrogen-bond acceptors (Lipinski definition) is 1. The molecule has 0 aromatic carbocycles. The van der Waals surface area contributed by atoms with E-state index in [4.69, 9.17) is 0 Å². The van der Waals surface area contributed by atoms with Crippen molar-refractivity contribution in [3.8, 4) is 0 Å². The van der Waals surface area contributed by atoms with E-state index in [0.29, 0.717) is 0 Å². The molecule has 1 heterocycles. The fourth-order valence-electron chi connectivity index (χ4n) is 2.67. The number of quaternary nitrogens is 1. The summed E-state index contributed by atoms with van der Waals surface area (Å²) in [6.07, 6.45) is 1.29. The van der Waals surface area contributed by atoms with E-state index in [0.717, 1.165) is 6.04 Å². The lowest BCUT2D eigenvalue weighted by Gasteiger charge is -2.36. The minimum absolute atomic E-state index is 0.835. The molecule has 78 valence electrons. The van der Waals surface area contributed by atoms with Crippen molar-refractivity contribution < 1.29 is 4.48 Å². The molecule has 2 heteroatoms. The molecule has 0 saturated carbocycles. The van der Waals surface area contributed by atoms with Crippen molar-refractivity contribution in [1.82, 2.24) is 4.90 Å². The van der Waals surface area contributed by atoms with Crippen LogP contribution in [-0.2, 0) is 0 Å². The van der Waals surface area contributed by atoms with Gasteiger partial charge < -0.3 is 4.48 Å². The average Bonchev–Trinajstić information content (AvgIpc) is 2.44. The summed E-state index contributed by atoms with van der Waals surface area (Å²) >= 11 is 0. The Morgan fingerprint density at radius 2 is 1.85 bits per heavy atom. The van der Waals surface area contributed by atoms with Gasteiger partial charge in [-0.15, -0.1) is 0 Å². The van der Waals surface area contributed by atoms with Gasteiger partial charge in [-0.2, -0.15) is 0 Å². The fraction of sp³-hybridized carbons (Fsp3) is 1.00. The number of likely N-dealkylation sites (N-methyl/N-ethyl adjacent to an activating group) is 1. The van der Waals surface area contributed by atoms with Gasteiger partial charge in [0.1, 0.15) is 12.7 Å². The van der Waals surface area contributed by atoms with Crippen LogP contribution in [0.5, 0.6) is 0 Å². The Kier molecular flexibility index (Phi) is 3.74. The van der Waals surface area contributed by atoms with Crippen LogP contribution in [0.15, 0.2) is 0 Å². The highest BCUT2D eigenvalue weighted by Gasteiger charge is 2.39. The van der Waals surface area contributed by atoms with Crippen LogP contribution in [0.2, 0.25) is 0 Å². The highest BCUT2D eigenvalue weighted by atomic mass is 15.5. The standard InChI is InChI=1S/C11H25N2/c1-5-8-12-9-11(4)13(6-2,7-3)10-12/h11H,5-10H2,1-4H3/q+1. The number of nitrogens with zero attached hydrogens (tertiary/aromatic N) is 2. The summed E-state index contributed by atoms with van der Waals surface area (Å²) in [7, 11) is 0. The molecule has 1 atom stereocenters. The van der Waals surface area contributed by atoms with E-state index in [1.54, 1.807) is 0 Å². The molecule has 0 radical (unpaired) electrons. The molecule has 0 spiro atoms. The first-order valence-corrected chi connectivity index (χ1v) is 5.76. The van der Waals surface area contributed by atoms with Crippen LogP contribution >= 0.6 is 0 Å². The maximum absolute atomic E-state index is 2.62. The van der Waals surface area contributed by atoms with Gasteiger partial charge in [-0.1, -0.05) is 6.92 Å². The smallest absolute Gasteiger partial charge is 0.135 e. The molecule has 0 bridgehead atoms. The molecule has 0 aromatic rings. The molecule has 2 nitrogen and oxygen atoms in total. The molecule has 0 aliphatic carbocycles. The Labute approximate surface area is 83.1 Å². The predicted octanol–water partition coefficient (Wildman–Crippen LogP) is 1.91. The van der Waals surface area contributed by atoms with Gasteiger partial charge in [0.2, 0.25) is 0 Å². The van der Waals surface area contributed by atoms with Gasteiger partial charge in [-0.05, 0) is 27.2 Å². The van der Waals surface area contributed by atoms with Crippen molar-refractivity contribution in [2.45, 2.75) is 40.2 Å². The van der Waals surface area contributed by atoms with Crippen molar-refractivity contribution in [2.75, 3.05) is 32.8 Å². The van der Waals surface area contributed by atoms with E-state index < -0.39 is 0 Å². The predicted molar refractivity (Wildman–Crippen MR) is 57.5 cm³/mol. The van der Waals surface area contributed by atoms with Gasteiger partial charge in [0.05, 0.1) is 19.6 Å². The summed E-state index contributed by atoms with van der Waals surface area (Å²) in [5.74, 6) is 0. The van der Waals surface area contributed by atoms with Crippen LogP contribution in [0.3, 0.4) is 0 Å². The second-order valence-electron chi connectivity index (χ2n) is 4.42. The highest BCUT2D eigenvalue weighted by Crippen LogP contribution is 2.22. The third-order valence-corrected chi connectivity index (χ3v) is 3.74. The van der Waals surface area contributed by atoms with E-state index in [1.807, 2.05) is 0 Å². The van der Waals surface area contributed by atoms with Crippen molar-refractivity contribution in [1.29, 1.82) is 0 Å². The quantitative estimate of drug-likeness (QED) is 0.605. The van der Waals surface area contributed by atoms with Crippen molar-refractivity contribution in [2.24, 2.45) is 0 Å². The number of hydrogen-bond donors (Lipinski definition) is 0. The molecule has 1 fully saturated rings. The summed E-state index contributed by atoms with van der Waals surface area (Å²) in [6.45, 7) is 15.8. The van der Waals surface area contributed by atoms with E-state index in [1.165, 1.54) is 43.8 Å². The lowest BCUT2D eigenvalue weighted by molar-refractivity contribution is -0.937. The molecule has 1 rings (SSSR count). The first kappa shape index (κ1) is 11.0. The van der Waals surface area contributed by atoms with Crippen LogP contribution in [0, 0.1) is 0 Å². The minimum atomic E-state index is 0.835. The van der Waals surface area contributed by atoms with Crippen LogP contribution < -0.4 is 0 Å². The molecule has 0 N–H and O–H groups in total. The zero-order chi connectivity index (χ0) is 9.90. The maximum atomic E-state index is 2.62. The Morgan fingerprint density at radius 3 is 2.23 bits per heavy atom. The zero-order valence-corrected chi connectivity index (χ0v) is 9.71. The molecule has 1 aliphatic rings. The maximum Gasteiger partial charge on any atom is 0.135 e. The van der Waals surface area contributed by atoms with E-state index in [9.17, 15) is 0 Å². The van der Waals surface area contributed by atoms with Gasteiger partial charge in [-0.3, -0.25) is 4.90 Å². The molecular weight excluding hydrogens is 160 g/mol. The summed E-state index contributed by atoms with van der Waals surface area (Å²) in [5, 5.41) is 0. The first-order valence-electron chi connectivity index (χ1n) is 5.76. The fourth-order valence-corrected chi connectivity index (χ4v) is 2.67. The topological polar surface area (TPSA) is 3.24 Å². The minimum Gasteiger partial charge on any atom is -0.308 e. The molecule has 0 aromatic heterocycles. The van der Waals surface area contributed by atoms with Crippen LogP contribution in [0.1, 0.15) is 34.1 Å². The van der Waals surface area contributed by atoms with Gasteiger partial charge >= 0.3 is 0 Å². The highest BCUT2D eigenvalue weighted by molar-refractivity contribution is 4.68. The first-order chi connectivity index (χ1) is 6.18. The zero-order valence-electron chi connectivity index (χ0n) is 9.71. The van der Waals surface area contributed by atoms with E-state index >= 15 is 0 Å². The van der Waals surface area contributed by atoms with Crippen molar-refractivity contribution in [3.05, 3.63) is 0 Å². The molecule has 13 heavy (non-hydrogen) atoms. The van der Waals surface area contributed by atoms with Gasteiger partial charge in [0, 0.05) is 6.54 Å². The van der Waals surface area contributed by atoms with Crippen LogP contribution in [-0.4, -0.2) is 48.3 Å². The lowest BCUT2D eigenvalue weighted by Crippen LogP contribution is -2.51. The van der Waals surface area contributed by atoms with E-state index in [2.05, 4.69) is 32.6 Å². The third kappa shape index (κ3) is 2.05. The summed E-state index contributed by atoms with van der Waals surface area (Å²) in [5.41, 5.74) is 0. The van der Waals surface area contributed by atoms with Gasteiger partial charge in [-0.25, -0.2) is 0 Å². The van der Waals surface area contributed by atoms with Crippen molar-refractivity contribution >= 4 is 0 Å². The Balaban J connectivity index is 2.58. The van der Waals surface area contributed by atoms with E-state index in [-0.39, 0.29) is 0 Å². The number of rotatable bonds is 4. The molecule has 1 saturated heterocycles.